The van der Waals surface area contributed by atoms with Gasteiger partial charge in [0, 0.05) is 45.1 Å². The Morgan fingerprint density at radius 3 is 2.10 bits per heavy atom. The van der Waals surface area contributed by atoms with Crippen molar-refractivity contribution in [3.63, 3.8) is 0 Å². The third-order valence-electron chi connectivity index (χ3n) is 5.88. The summed E-state index contributed by atoms with van der Waals surface area (Å²) in [4.78, 5) is 14.9. The summed E-state index contributed by atoms with van der Waals surface area (Å²) in [5, 5.41) is 8.64. The van der Waals surface area contributed by atoms with Gasteiger partial charge in [-0.1, -0.05) is 24.3 Å². The van der Waals surface area contributed by atoms with Crippen LogP contribution in [0.15, 0.2) is 83.0 Å². The lowest BCUT2D eigenvalue weighted by atomic mass is 10.2. The first-order chi connectivity index (χ1) is 18.9. The number of carbonyl (C=O) groups excluding carboxylic acids is 1. The molecule has 0 aromatic heterocycles. The van der Waals surface area contributed by atoms with E-state index in [1.807, 2.05) is 52.1 Å². The van der Waals surface area contributed by atoms with Gasteiger partial charge in [-0.3, -0.25) is 0 Å². The van der Waals surface area contributed by atoms with Crippen LogP contribution in [0.4, 0.5) is 22.7 Å². The molecular formula is C29H38N4O5Si. The summed E-state index contributed by atoms with van der Waals surface area (Å²) < 4.78 is 23.3. The average Bonchev–Trinajstić information content (AvgIpc) is 2.94. The number of anilines is 2. The summed E-state index contributed by atoms with van der Waals surface area (Å²) in [6.45, 7) is 8.45. The second kappa shape index (κ2) is 15.1. The van der Waals surface area contributed by atoms with E-state index in [4.69, 9.17) is 23.7 Å². The van der Waals surface area contributed by atoms with Gasteiger partial charge in [-0.25, -0.2) is 4.79 Å². The second-order valence-corrected chi connectivity index (χ2v) is 11.4. The van der Waals surface area contributed by atoms with Crippen molar-refractivity contribution in [2.24, 2.45) is 10.2 Å². The van der Waals surface area contributed by atoms with E-state index in [-0.39, 0.29) is 0 Å². The van der Waals surface area contributed by atoms with Crippen molar-refractivity contribution < 1.29 is 22.8 Å². The van der Waals surface area contributed by atoms with E-state index in [0.717, 1.165) is 24.7 Å². The molecule has 39 heavy (non-hydrogen) atoms. The van der Waals surface area contributed by atoms with E-state index >= 15 is 0 Å². The van der Waals surface area contributed by atoms with Crippen molar-refractivity contribution >= 4 is 37.5 Å². The number of nitrogens with two attached hydrogens (primary N) is 1. The highest BCUT2D eigenvalue weighted by Crippen LogP contribution is 2.27. The molecule has 0 saturated carbocycles. The van der Waals surface area contributed by atoms with E-state index in [9.17, 15) is 4.79 Å². The van der Waals surface area contributed by atoms with E-state index in [1.54, 1.807) is 48.5 Å². The van der Waals surface area contributed by atoms with Crippen LogP contribution in [0.3, 0.4) is 0 Å². The minimum absolute atomic E-state index is 0.298. The largest absolute Gasteiger partial charge is 0.500 e. The number of hydrogen-bond donors (Lipinski definition) is 1. The highest BCUT2D eigenvalue weighted by molar-refractivity contribution is 6.60. The standard InChI is InChI=1S/C29H38N4O5Si/c1-5-35-39(36-6-2,37-7-3)22-12-21-33(4)24-19-17-23(18-20-24)31-32-27-15-10-8-13-25(27)29(34)38-28-16-11-9-14-26(28)30/h8-11,13-20H,5-7,12,21-22,30H2,1-4H3. The Balaban J connectivity index is 1.61. The van der Waals surface area contributed by atoms with E-state index in [0.29, 0.717) is 48.2 Å². The van der Waals surface area contributed by atoms with Crippen LogP contribution in [0.25, 0.3) is 0 Å². The zero-order chi connectivity index (χ0) is 28.1. The number of carbonyl (C=O) groups is 1. The molecular weight excluding hydrogens is 512 g/mol. The molecule has 3 aromatic carbocycles. The predicted octanol–water partition coefficient (Wildman–Crippen LogP) is 6.78. The molecule has 3 aromatic rings. The zero-order valence-electron chi connectivity index (χ0n) is 23.1. The second-order valence-electron chi connectivity index (χ2n) is 8.67. The van der Waals surface area contributed by atoms with E-state index < -0.39 is 14.8 Å². The van der Waals surface area contributed by atoms with Crippen LogP contribution in [0, 0.1) is 0 Å². The smallest absolute Gasteiger partial charge is 0.421 e. The van der Waals surface area contributed by atoms with Gasteiger partial charge >= 0.3 is 14.8 Å². The van der Waals surface area contributed by atoms with Crippen LogP contribution in [0.5, 0.6) is 5.75 Å². The first kappa shape index (κ1) is 30.0. The van der Waals surface area contributed by atoms with Crippen LogP contribution >= 0.6 is 0 Å². The maximum absolute atomic E-state index is 12.8. The summed E-state index contributed by atoms with van der Waals surface area (Å²) in [7, 11) is -0.602. The predicted molar refractivity (Wildman–Crippen MR) is 156 cm³/mol. The van der Waals surface area contributed by atoms with Gasteiger partial charge in [0.2, 0.25) is 0 Å². The summed E-state index contributed by atoms with van der Waals surface area (Å²) in [5.41, 5.74) is 8.70. The topological polar surface area (TPSA) is 108 Å². The Morgan fingerprint density at radius 1 is 0.846 bits per heavy atom. The molecule has 0 bridgehead atoms. The summed E-state index contributed by atoms with van der Waals surface area (Å²) in [6.07, 6.45) is 0.881. The van der Waals surface area contributed by atoms with Gasteiger partial charge in [-0.15, -0.1) is 5.11 Å². The molecule has 9 nitrogen and oxygen atoms in total. The summed E-state index contributed by atoms with van der Waals surface area (Å²) >= 11 is 0. The van der Waals surface area contributed by atoms with Crippen molar-refractivity contribution in [2.45, 2.75) is 33.2 Å². The van der Waals surface area contributed by atoms with Crippen LogP contribution in [-0.2, 0) is 13.3 Å². The zero-order valence-corrected chi connectivity index (χ0v) is 24.1. The molecule has 0 radical (unpaired) electrons. The van der Waals surface area contributed by atoms with Gasteiger partial charge in [0.25, 0.3) is 0 Å². The maximum atomic E-state index is 12.8. The van der Waals surface area contributed by atoms with Gasteiger partial charge in [0.05, 0.1) is 16.9 Å². The SMILES string of the molecule is CCO[Si](CCCN(C)c1ccc(N=Nc2ccccc2C(=O)Oc2ccccc2N)cc1)(OCC)OCC. The van der Waals surface area contributed by atoms with Crippen LogP contribution in [0.1, 0.15) is 37.6 Å². The van der Waals surface area contributed by atoms with E-state index in [2.05, 4.69) is 15.1 Å². The molecule has 0 aliphatic carbocycles. The fraction of sp³-hybridized carbons (Fsp3) is 0.345. The molecule has 0 atom stereocenters. The van der Waals surface area contributed by atoms with Crippen molar-refractivity contribution in [2.75, 3.05) is 44.0 Å². The highest BCUT2D eigenvalue weighted by atomic mass is 28.4. The molecule has 3 rings (SSSR count). The maximum Gasteiger partial charge on any atom is 0.500 e. The van der Waals surface area contributed by atoms with Crippen LogP contribution in [0.2, 0.25) is 6.04 Å². The molecule has 10 heteroatoms. The molecule has 2 N–H and O–H groups in total. The number of para-hydroxylation sites is 2. The lowest BCUT2D eigenvalue weighted by Crippen LogP contribution is -2.46. The number of benzene rings is 3. The Morgan fingerprint density at radius 2 is 1.46 bits per heavy atom. The number of nitrogens with zero attached hydrogens (tertiary/aromatic N) is 3. The lowest BCUT2D eigenvalue weighted by molar-refractivity contribution is 0.0707. The fourth-order valence-electron chi connectivity index (χ4n) is 4.01. The van der Waals surface area contributed by atoms with E-state index in [1.165, 1.54) is 0 Å². The van der Waals surface area contributed by atoms with Crippen LogP contribution < -0.4 is 15.4 Å². The number of azo groups is 1. The number of hydrogen-bond acceptors (Lipinski definition) is 9. The summed E-state index contributed by atoms with van der Waals surface area (Å²) in [6, 6.07) is 22.3. The Kier molecular flexibility index (Phi) is 11.6. The third kappa shape index (κ3) is 8.72. The lowest BCUT2D eigenvalue weighted by Gasteiger charge is -2.29. The van der Waals surface area contributed by atoms with Gasteiger partial charge in [0.1, 0.15) is 5.69 Å². The van der Waals surface area contributed by atoms with Crippen molar-refractivity contribution in [1.82, 2.24) is 0 Å². The fourth-order valence-corrected chi connectivity index (χ4v) is 6.60. The molecule has 0 spiro atoms. The average molecular weight is 551 g/mol. The molecule has 0 aliphatic rings. The number of rotatable bonds is 15. The molecule has 0 amide bonds. The van der Waals surface area contributed by atoms with Gasteiger partial charge in [-0.2, -0.15) is 5.11 Å². The third-order valence-corrected chi connectivity index (χ3v) is 9.03. The van der Waals surface area contributed by atoms with Crippen molar-refractivity contribution in [3.8, 4) is 5.75 Å². The molecule has 0 unspecified atom stereocenters. The normalized spacial score (nSPS) is 11.6. The van der Waals surface area contributed by atoms with Gasteiger partial charge < -0.3 is 28.6 Å². The van der Waals surface area contributed by atoms with Crippen molar-refractivity contribution in [3.05, 3.63) is 78.4 Å². The molecule has 0 saturated heterocycles. The first-order valence-corrected chi connectivity index (χ1v) is 15.1. The number of ether oxygens (including phenoxy) is 1. The van der Waals surface area contributed by atoms with Crippen molar-refractivity contribution in [1.29, 1.82) is 0 Å². The Labute approximate surface area is 231 Å². The minimum atomic E-state index is -2.65. The molecule has 0 heterocycles. The molecule has 0 fully saturated rings. The van der Waals surface area contributed by atoms with Gasteiger partial charge in [-0.05, 0) is 75.7 Å². The highest BCUT2D eigenvalue weighted by Gasteiger charge is 2.39. The minimum Gasteiger partial charge on any atom is -0.421 e. The quantitative estimate of drug-likeness (QED) is 0.0730. The number of esters is 1. The monoisotopic (exact) mass is 550 g/mol. The molecule has 208 valence electrons. The molecule has 0 aliphatic heterocycles. The Bertz CT molecular complexity index is 1210. The van der Waals surface area contributed by atoms with Gasteiger partial charge in [0.15, 0.2) is 5.75 Å². The summed E-state index contributed by atoms with van der Waals surface area (Å²) in [5.74, 6) is -0.250. The number of nitrogen functional groups attached to an aromatic ring is 1. The first-order valence-electron chi connectivity index (χ1n) is 13.2. The van der Waals surface area contributed by atoms with Crippen LogP contribution in [-0.4, -0.2) is 48.2 Å². The Hall–Kier alpha value is -3.57.